The fourth-order valence-electron chi connectivity index (χ4n) is 2.44. The van der Waals surface area contributed by atoms with Crippen molar-refractivity contribution >= 4 is 9.28 Å². The molecule has 0 amide bonds. The third-order valence-electron chi connectivity index (χ3n) is 3.58. The Morgan fingerprint density at radius 3 is 2.04 bits per heavy atom. The highest BCUT2D eigenvalue weighted by atomic mass is 28.3. The summed E-state index contributed by atoms with van der Waals surface area (Å²) in [7, 11) is -1.73. The predicted octanol–water partition coefficient (Wildman–Crippen LogP) is 4.75. The van der Waals surface area contributed by atoms with E-state index in [1.807, 2.05) is 38.1 Å². The third-order valence-corrected chi connectivity index (χ3v) is 5.80. The Kier molecular flexibility index (Phi) is 6.59. The van der Waals surface area contributed by atoms with Crippen LogP contribution in [0.3, 0.4) is 0 Å². The molecule has 0 heterocycles. The molecule has 2 rings (SSSR count). The van der Waals surface area contributed by atoms with E-state index in [1.165, 1.54) is 12.1 Å². The first-order valence-electron chi connectivity index (χ1n) is 7.93. The molecule has 0 atom stereocenters. The molecule has 0 bridgehead atoms. The summed E-state index contributed by atoms with van der Waals surface area (Å²) in [6, 6.07) is 13.6. The first kappa shape index (κ1) is 18.7. The second kappa shape index (κ2) is 8.46. The van der Waals surface area contributed by atoms with Crippen LogP contribution in [0.15, 0.2) is 48.5 Å². The van der Waals surface area contributed by atoms with Crippen LogP contribution < -0.4 is 0 Å². The van der Waals surface area contributed by atoms with Crippen molar-refractivity contribution in [1.29, 1.82) is 0 Å². The van der Waals surface area contributed by atoms with Gasteiger partial charge in [0, 0.05) is 19.3 Å². The Morgan fingerprint density at radius 2 is 1.50 bits per heavy atom. The molecule has 0 N–H and O–H groups in total. The maximum Gasteiger partial charge on any atom is 0.416 e. The Morgan fingerprint density at radius 1 is 0.875 bits per heavy atom. The lowest BCUT2D eigenvalue weighted by Crippen LogP contribution is -2.26. The van der Waals surface area contributed by atoms with Crippen LogP contribution in [0, 0.1) is 0 Å². The van der Waals surface area contributed by atoms with Gasteiger partial charge >= 0.3 is 15.5 Å². The highest BCUT2D eigenvalue weighted by molar-refractivity contribution is 6.43. The largest absolute Gasteiger partial charge is 0.416 e. The number of alkyl halides is 3. The molecule has 2 aromatic carbocycles. The standard InChI is InChI=1S/C18H21F3O2Si/c1-3-22-24(23-4-2)13-14-8-10-15(11-9-14)16-6-5-7-17(12-16)18(19,20)21/h5-12,24H,3-4,13H2,1-2H3. The summed E-state index contributed by atoms with van der Waals surface area (Å²) in [5, 5.41) is 0. The van der Waals surface area contributed by atoms with Crippen molar-refractivity contribution in [3.05, 3.63) is 59.7 Å². The minimum Gasteiger partial charge on any atom is -0.397 e. The molecular formula is C18H21F3O2Si. The molecule has 24 heavy (non-hydrogen) atoms. The Bertz CT molecular complexity index is 635. The zero-order valence-corrected chi connectivity index (χ0v) is 14.9. The first-order valence-corrected chi connectivity index (χ1v) is 9.69. The first-order chi connectivity index (χ1) is 11.4. The summed E-state index contributed by atoms with van der Waals surface area (Å²) in [4.78, 5) is 0. The van der Waals surface area contributed by atoms with Gasteiger partial charge < -0.3 is 8.85 Å². The molecule has 0 aliphatic rings. The van der Waals surface area contributed by atoms with E-state index in [-0.39, 0.29) is 0 Å². The van der Waals surface area contributed by atoms with Gasteiger partial charge in [-0.3, -0.25) is 0 Å². The molecule has 0 fully saturated rings. The minimum absolute atomic E-state index is 0.555. The molecule has 0 radical (unpaired) electrons. The Hall–Kier alpha value is -1.63. The lowest BCUT2D eigenvalue weighted by molar-refractivity contribution is -0.137. The molecule has 0 aromatic heterocycles. The van der Waals surface area contributed by atoms with Crippen molar-refractivity contribution in [2.75, 3.05) is 13.2 Å². The third kappa shape index (κ3) is 5.19. The molecule has 0 aliphatic carbocycles. The quantitative estimate of drug-likeness (QED) is 0.668. The van der Waals surface area contributed by atoms with Crippen LogP contribution in [0.25, 0.3) is 11.1 Å². The number of halogens is 3. The number of rotatable bonds is 7. The summed E-state index contributed by atoms with van der Waals surface area (Å²) >= 11 is 0. The van der Waals surface area contributed by atoms with Crippen molar-refractivity contribution in [3.63, 3.8) is 0 Å². The fraction of sp³-hybridized carbons (Fsp3) is 0.333. The number of benzene rings is 2. The summed E-state index contributed by atoms with van der Waals surface area (Å²) in [6.07, 6.45) is -4.33. The van der Waals surface area contributed by atoms with Crippen LogP contribution in [0.2, 0.25) is 0 Å². The van der Waals surface area contributed by atoms with Gasteiger partial charge in [0.25, 0.3) is 0 Å². The molecule has 0 aliphatic heterocycles. The summed E-state index contributed by atoms with van der Waals surface area (Å²) in [6.45, 7) is 5.13. The summed E-state index contributed by atoms with van der Waals surface area (Å²) in [5.74, 6) is 0. The van der Waals surface area contributed by atoms with Gasteiger partial charge in [0.15, 0.2) is 0 Å². The zero-order chi connectivity index (χ0) is 17.6. The summed E-state index contributed by atoms with van der Waals surface area (Å²) < 4.78 is 49.7. The Labute approximate surface area is 142 Å². The maximum absolute atomic E-state index is 12.8. The molecule has 6 heteroatoms. The molecule has 0 unspecified atom stereocenters. The molecule has 2 aromatic rings. The second-order valence-electron chi connectivity index (χ2n) is 5.32. The summed E-state index contributed by atoms with van der Waals surface area (Å²) in [5.41, 5.74) is 1.75. The lowest BCUT2D eigenvalue weighted by atomic mass is 10.0. The van der Waals surface area contributed by atoms with E-state index in [0.29, 0.717) is 18.8 Å². The fourth-order valence-corrected chi connectivity index (χ4v) is 4.17. The van der Waals surface area contributed by atoms with Crippen molar-refractivity contribution in [2.24, 2.45) is 0 Å². The smallest absolute Gasteiger partial charge is 0.397 e. The topological polar surface area (TPSA) is 18.5 Å². The second-order valence-corrected chi connectivity index (χ2v) is 7.25. The van der Waals surface area contributed by atoms with Crippen LogP contribution in [-0.4, -0.2) is 22.5 Å². The van der Waals surface area contributed by atoms with Crippen LogP contribution in [0.1, 0.15) is 25.0 Å². The average Bonchev–Trinajstić information content (AvgIpc) is 2.55. The zero-order valence-electron chi connectivity index (χ0n) is 13.8. The van der Waals surface area contributed by atoms with Gasteiger partial charge in [-0.2, -0.15) is 13.2 Å². The van der Waals surface area contributed by atoms with Crippen molar-refractivity contribution in [1.82, 2.24) is 0 Å². The molecular weight excluding hydrogens is 333 g/mol. The molecule has 0 saturated carbocycles. The van der Waals surface area contributed by atoms with E-state index in [1.54, 1.807) is 6.07 Å². The van der Waals surface area contributed by atoms with Gasteiger partial charge in [0.1, 0.15) is 0 Å². The highest BCUT2D eigenvalue weighted by Gasteiger charge is 2.30. The van der Waals surface area contributed by atoms with Gasteiger partial charge in [-0.05, 0) is 42.7 Å². The van der Waals surface area contributed by atoms with Crippen molar-refractivity contribution in [2.45, 2.75) is 26.1 Å². The van der Waals surface area contributed by atoms with Gasteiger partial charge in [0.05, 0.1) is 5.56 Å². The highest BCUT2D eigenvalue weighted by Crippen LogP contribution is 2.32. The predicted molar refractivity (Wildman–Crippen MR) is 91.0 cm³/mol. The van der Waals surface area contributed by atoms with E-state index < -0.39 is 21.0 Å². The van der Waals surface area contributed by atoms with Crippen LogP contribution in [0.4, 0.5) is 13.2 Å². The van der Waals surface area contributed by atoms with Crippen molar-refractivity contribution in [3.8, 4) is 11.1 Å². The van der Waals surface area contributed by atoms with Gasteiger partial charge in [-0.15, -0.1) is 0 Å². The monoisotopic (exact) mass is 354 g/mol. The van der Waals surface area contributed by atoms with E-state index in [4.69, 9.17) is 8.85 Å². The van der Waals surface area contributed by atoms with E-state index in [9.17, 15) is 13.2 Å². The van der Waals surface area contributed by atoms with Crippen LogP contribution >= 0.6 is 0 Å². The van der Waals surface area contributed by atoms with E-state index in [2.05, 4.69) is 0 Å². The van der Waals surface area contributed by atoms with Crippen molar-refractivity contribution < 1.29 is 22.0 Å². The average molecular weight is 354 g/mol. The number of hydrogen-bond donors (Lipinski definition) is 0. The molecule has 0 spiro atoms. The van der Waals surface area contributed by atoms with Crippen LogP contribution in [-0.2, 0) is 21.1 Å². The van der Waals surface area contributed by atoms with Crippen LogP contribution in [0.5, 0.6) is 0 Å². The number of hydrogen-bond acceptors (Lipinski definition) is 2. The lowest BCUT2D eigenvalue weighted by Gasteiger charge is -2.15. The SMILES string of the molecule is CCO[SiH](Cc1ccc(-c2cccc(C(F)(F)F)c2)cc1)OCC. The van der Waals surface area contributed by atoms with Gasteiger partial charge in [-0.25, -0.2) is 0 Å². The minimum atomic E-state index is -4.33. The molecule has 0 saturated heterocycles. The normalized spacial score (nSPS) is 11.9. The Balaban J connectivity index is 2.14. The molecule has 130 valence electrons. The molecule has 2 nitrogen and oxygen atoms in total. The van der Waals surface area contributed by atoms with E-state index >= 15 is 0 Å². The maximum atomic E-state index is 12.8. The van der Waals surface area contributed by atoms with Gasteiger partial charge in [0.2, 0.25) is 0 Å². The van der Waals surface area contributed by atoms with Gasteiger partial charge in [-0.1, -0.05) is 36.4 Å². The van der Waals surface area contributed by atoms with E-state index in [0.717, 1.165) is 23.2 Å².